The van der Waals surface area contributed by atoms with Crippen molar-refractivity contribution in [2.75, 3.05) is 0 Å². The second-order valence-electron chi connectivity index (χ2n) is 9.67. The summed E-state index contributed by atoms with van der Waals surface area (Å²) in [6, 6.07) is 19.5. The third-order valence-corrected chi connectivity index (χ3v) is 7.20. The Morgan fingerprint density at radius 3 is 2.28 bits per heavy atom. The number of hydrogen-bond donors (Lipinski definition) is 0. The lowest BCUT2D eigenvalue weighted by Gasteiger charge is -2.32. The molecule has 0 aliphatic heterocycles. The summed E-state index contributed by atoms with van der Waals surface area (Å²) >= 11 is 0. The highest BCUT2D eigenvalue weighted by Crippen LogP contribution is 2.36. The van der Waals surface area contributed by atoms with Crippen molar-refractivity contribution < 1.29 is 0 Å². The van der Waals surface area contributed by atoms with Gasteiger partial charge >= 0.3 is 0 Å². The number of hydrogen-bond acceptors (Lipinski definition) is 2. The Balaban J connectivity index is 1.67. The van der Waals surface area contributed by atoms with E-state index in [1.807, 2.05) is 6.21 Å². The molecule has 0 radical (unpaired) electrons. The largest absolute Gasteiger partial charge is 0.158 e. The van der Waals surface area contributed by atoms with Gasteiger partial charge < -0.3 is 0 Å². The minimum atomic E-state index is 0.514. The monoisotopic (exact) mass is 430 g/mol. The molecule has 2 aromatic carbocycles. The molecule has 2 aromatic rings. The average molecular weight is 431 g/mol. The first-order chi connectivity index (χ1) is 15.7. The molecule has 32 heavy (non-hydrogen) atoms. The lowest BCUT2D eigenvalue weighted by atomic mass is 9.73. The van der Waals surface area contributed by atoms with Gasteiger partial charge in [0.05, 0.1) is 11.9 Å². The molecule has 0 N–H and O–H groups in total. The highest BCUT2D eigenvalue weighted by molar-refractivity contribution is 6.02. The van der Waals surface area contributed by atoms with Crippen molar-refractivity contribution in [1.29, 1.82) is 0 Å². The van der Waals surface area contributed by atoms with Gasteiger partial charge in [-0.05, 0) is 67.1 Å². The standard InChI is InChI=1S/C30H42N2/c1-4-6-8-12-25-15-17-26(18-16-25)23-31-32-30(28-13-9-7-10-14-28)29-21-19-27(20-22-29)24(3)11-5-2/h7,9-10,13-18,23-24,27,29H,4-6,8,11-12,19-22H2,1-3H3. The number of rotatable bonds is 11. The Kier molecular flexibility index (Phi) is 10.2. The molecule has 1 atom stereocenters. The molecule has 1 fully saturated rings. The van der Waals surface area contributed by atoms with Crippen LogP contribution in [0.2, 0.25) is 0 Å². The van der Waals surface area contributed by atoms with E-state index in [9.17, 15) is 0 Å². The van der Waals surface area contributed by atoms with Crippen molar-refractivity contribution in [2.45, 2.75) is 85.0 Å². The lowest BCUT2D eigenvalue weighted by Crippen LogP contribution is -2.25. The smallest absolute Gasteiger partial charge is 0.0733 e. The van der Waals surface area contributed by atoms with Crippen LogP contribution < -0.4 is 0 Å². The Bertz CT molecular complexity index is 827. The first-order valence-corrected chi connectivity index (χ1v) is 13.0. The summed E-state index contributed by atoms with van der Waals surface area (Å²) in [5, 5.41) is 9.33. The fourth-order valence-corrected chi connectivity index (χ4v) is 5.14. The molecule has 1 saturated carbocycles. The number of unbranched alkanes of at least 4 members (excludes halogenated alkanes) is 2. The van der Waals surface area contributed by atoms with Gasteiger partial charge in [-0.25, -0.2) is 0 Å². The second kappa shape index (κ2) is 13.4. The zero-order valence-electron chi connectivity index (χ0n) is 20.5. The molecular formula is C30H42N2. The van der Waals surface area contributed by atoms with Gasteiger partial charge in [0.1, 0.15) is 0 Å². The van der Waals surface area contributed by atoms with Gasteiger partial charge in [-0.2, -0.15) is 10.2 Å². The van der Waals surface area contributed by atoms with Gasteiger partial charge in [-0.3, -0.25) is 0 Å². The molecule has 0 bridgehead atoms. The van der Waals surface area contributed by atoms with Crippen LogP contribution in [0.25, 0.3) is 0 Å². The minimum Gasteiger partial charge on any atom is -0.158 e. The van der Waals surface area contributed by atoms with Crippen molar-refractivity contribution in [1.82, 2.24) is 0 Å². The Morgan fingerprint density at radius 2 is 1.62 bits per heavy atom. The summed E-state index contributed by atoms with van der Waals surface area (Å²) in [6.07, 6.45) is 14.7. The molecule has 1 aliphatic carbocycles. The van der Waals surface area contributed by atoms with Crippen molar-refractivity contribution in [3.8, 4) is 0 Å². The van der Waals surface area contributed by atoms with Crippen LogP contribution in [0.4, 0.5) is 0 Å². The van der Waals surface area contributed by atoms with Crippen LogP contribution in [-0.4, -0.2) is 11.9 Å². The van der Waals surface area contributed by atoms with Crippen LogP contribution in [-0.2, 0) is 6.42 Å². The molecule has 2 heteroatoms. The summed E-state index contributed by atoms with van der Waals surface area (Å²) in [4.78, 5) is 0. The molecule has 0 spiro atoms. The van der Waals surface area contributed by atoms with Crippen LogP contribution >= 0.6 is 0 Å². The highest BCUT2D eigenvalue weighted by atomic mass is 15.2. The SMILES string of the molecule is CCCCCc1ccc(C=NN=C(c2ccccc2)C2CCC(C(C)CCC)CC2)cc1. The summed E-state index contributed by atoms with van der Waals surface area (Å²) in [5.74, 6) is 2.24. The van der Waals surface area contributed by atoms with Crippen LogP contribution in [0.15, 0.2) is 64.8 Å². The molecular weight excluding hydrogens is 388 g/mol. The predicted octanol–water partition coefficient (Wildman–Crippen LogP) is 8.49. The van der Waals surface area contributed by atoms with E-state index in [0.29, 0.717) is 5.92 Å². The van der Waals surface area contributed by atoms with Crippen molar-refractivity contribution in [3.05, 3.63) is 71.3 Å². The fraction of sp³-hybridized carbons (Fsp3) is 0.533. The van der Waals surface area contributed by atoms with Crippen molar-refractivity contribution in [3.63, 3.8) is 0 Å². The zero-order chi connectivity index (χ0) is 22.6. The fourth-order valence-electron chi connectivity index (χ4n) is 5.14. The molecule has 3 rings (SSSR count). The van der Waals surface area contributed by atoms with Crippen LogP contribution in [0, 0.1) is 17.8 Å². The van der Waals surface area contributed by atoms with Crippen molar-refractivity contribution >= 4 is 11.9 Å². The molecule has 2 nitrogen and oxygen atoms in total. The van der Waals surface area contributed by atoms with E-state index in [1.165, 1.54) is 81.0 Å². The van der Waals surface area contributed by atoms with E-state index < -0.39 is 0 Å². The quantitative estimate of drug-likeness (QED) is 0.194. The molecule has 172 valence electrons. The third-order valence-electron chi connectivity index (χ3n) is 7.20. The highest BCUT2D eigenvalue weighted by Gasteiger charge is 2.28. The zero-order valence-corrected chi connectivity index (χ0v) is 20.5. The van der Waals surface area contributed by atoms with E-state index >= 15 is 0 Å². The van der Waals surface area contributed by atoms with Gasteiger partial charge in [-0.15, -0.1) is 0 Å². The Hall–Kier alpha value is -2.22. The van der Waals surface area contributed by atoms with E-state index in [-0.39, 0.29) is 0 Å². The van der Waals surface area contributed by atoms with E-state index in [4.69, 9.17) is 5.10 Å². The Labute approximate surface area is 196 Å². The molecule has 0 heterocycles. The first kappa shape index (κ1) is 24.4. The topological polar surface area (TPSA) is 24.7 Å². The summed E-state index contributed by atoms with van der Waals surface area (Å²) < 4.78 is 0. The normalized spacial score (nSPS) is 20.5. The maximum atomic E-state index is 4.79. The summed E-state index contributed by atoms with van der Waals surface area (Å²) in [6.45, 7) is 7.00. The Morgan fingerprint density at radius 1 is 0.906 bits per heavy atom. The summed E-state index contributed by atoms with van der Waals surface area (Å²) in [7, 11) is 0. The first-order valence-electron chi connectivity index (χ1n) is 13.0. The molecule has 0 aromatic heterocycles. The van der Waals surface area contributed by atoms with Crippen LogP contribution in [0.3, 0.4) is 0 Å². The number of benzene rings is 2. The maximum Gasteiger partial charge on any atom is 0.0733 e. The lowest BCUT2D eigenvalue weighted by molar-refractivity contribution is 0.232. The maximum absolute atomic E-state index is 4.79. The van der Waals surface area contributed by atoms with Gasteiger partial charge in [0.25, 0.3) is 0 Å². The average Bonchev–Trinajstić information content (AvgIpc) is 2.84. The van der Waals surface area contributed by atoms with Gasteiger partial charge in [0.15, 0.2) is 0 Å². The van der Waals surface area contributed by atoms with Crippen molar-refractivity contribution in [2.24, 2.45) is 28.0 Å². The van der Waals surface area contributed by atoms with Gasteiger partial charge in [0, 0.05) is 5.92 Å². The van der Waals surface area contributed by atoms with Gasteiger partial charge in [0.2, 0.25) is 0 Å². The molecule has 0 amide bonds. The second-order valence-corrected chi connectivity index (χ2v) is 9.67. The van der Waals surface area contributed by atoms with Crippen LogP contribution in [0.1, 0.15) is 95.2 Å². The third kappa shape index (κ3) is 7.43. The minimum absolute atomic E-state index is 0.514. The predicted molar refractivity (Wildman–Crippen MR) is 140 cm³/mol. The van der Waals surface area contributed by atoms with Gasteiger partial charge in [-0.1, -0.05) is 101 Å². The van der Waals surface area contributed by atoms with E-state index in [0.717, 1.165) is 17.4 Å². The molecule has 1 aliphatic rings. The number of nitrogens with zero attached hydrogens (tertiary/aromatic N) is 2. The van der Waals surface area contributed by atoms with E-state index in [1.54, 1.807) is 0 Å². The molecule has 1 unspecified atom stereocenters. The summed E-state index contributed by atoms with van der Waals surface area (Å²) in [5.41, 5.74) is 4.93. The molecule has 0 saturated heterocycles. The number of aryl methyl sites for hydroxylation is 1. The van der Waals surface area contributed by atoms with E-state index in [2.05, 4.69) is 80.5 Å². The van der Waals surface area contributed by atoms with Crippen LogP contribution in [0.5, 0.6) is 0 Å².